The van der Waals surface area contributed by atoms with Gasteiger partial charge in [0.05, 0.1) is 11.5 Å². The Morgan fingerprint density at radius 1 is 1.57 bits per heavy atom. The van der Waals surface area contributed by atoms with Gasteiger partial charge in [-0.2, -0.15) is 0 Å². The van der Waals surface area contributed by atoms with Crippen LogP contribution in [-0.2, 0) is 6.54 Å². The van der Waals surface area contributed by atoms with Crippen molar-refractivity contribution in [1.29, 1.82) is 0 Å². The summed E-state index contributed by atoms with van der Waals surface area (Å²) < 4.78 is 1.35. The largest absolute Gasteiger partial charge is 0.324 e. The predicted molar refractivity (Wildman–Crippen MR) is 47.5 cm³/mol. The van der Waals surface area contributed by atoms with E-state index >= 15 is 0 Å². The summed E-state index contributed by atoms with van der Waals surface area (Å²) in [5.74, 6) is 0.463. The van der Waals surface area contributed by atoms with Crippen LogP contribution in [0.3, 0.4) is 0 Å². The molecular weight excluding hydrogens is 186 g/mol. The summed E-state index contributed by atoms with van der Waals surface area (Å²) in [5, 5.41) is 14.4. The number of nitro groups is 1. The Morgan fingerprint density at radius 3 is 3.00 bits per heavy atom. The molecule has 0 bridgehead atoms. The third-order valence-electron chi connectivity index (χ3n) is 1.75. The number of pyridine rings is 1. The first-order chi connectivity index (χ1) is 6.70. The molecule has 0 aromatic carbocycles. The molecule has 0 aliphatic heterocycles. The van der Waals surface area contributed by atoms with Gasteiger partial charge in [0.2, 0.25) is 0 Å². The van der Waals surface area contributed by atoms with E-state index in [0.29, 0.717) is 11.5 Å². The first-order valence-electron chi connectivity index (χ1n) is 3.90. The number of hydrogen-bond donors (Lipinski definition) is 1. The molecule has 7 nitrogen and oxygen atoms in total. The monoisotopic (exact) mass is 193 g/mol. The fourth-order valence-corrected chi connectivity index (χ4v) is 1.11. The second-order valence-corrected chi connectivity index (χ2v) is 2.68. The highest BCUT2D eigenvalue weighted by Gasteiger charge is 2.08. The molecule has 0 aliphatic carbocycles. The molecule has 2 rings (SSSR count). The van der Waals surface area contributed by atoms with E-state index in [4.69, 9.17) is 5.73 Å². The van der Waals surface area contributed by atoms with Gasteiger partial charge >= 0.3 is 0 Å². The number of hydrogen-bond acceptors (Lipinski definition) is 5. The zero-order valence-electron chi connectivity index (χ0n) is 7.12. The van der Waals surface area contributed by atoms with E-state index in [0.717, 1.165) is 0 Å². The Bertz CT molecular complexity index is 492. The highest BCUT2D eigenvalue weighted by molar-refractivity contribution is 5.42. The number of fused-ring (bicyclic) bond motifs is 1. The fourth-order valence-electron chi connectivity index (χ4n) is 1.11. The maximum absolute atomic E-state index is 10.4. The summed E-state index contributed by atoms with van der Waals surface area (Å²) in [5.41, 5.74) is 5.87. The maximum Gasteiger partial charge on any atom is 0.287 e. The molecule has 72 valence electrons. The SMILES string of the molecule is NCc1nc2ccc([N+](=O)[O-])cn2n1. The third-order valence-corrected chi connectivity index (χ3v) is 1.75. The molecule has 14 heavy (non-hydrogen) atoms. The minimum atomic E-state index is -0.483. The van der Waals surface area contributed by atoms with Gasteiger partial charge in [-0.1, -0.05) is 0 Å². The van der Waals surface area contributed by atoms with Gasteiger partial charge in [-0.15, -0.1) is 5.10 Å². The number of nitrogens with zero attached hydrogens (tertiary/aromatic N) is 4. The fraction of sp³-hybridized carbons (Fsp3) is 0.143. The van der Waals surface area contributed by atoms with Gasteiger partial charge < -0.3 is 5.73 Å². The van der Waals surface area contributed by atoms with Crippen molar-refractivity contribution in [1.82, 2.24) is 14.6 Å². The molecule has 0 amide bonds. The molecule has 0 radical (unpaired) electrons. The molecular formula is C7H7N5O2. The van der Waals surface area contributed by atoms with Crippen molar-refractivity contribution >= 4 is 11.3 Å². The molecule has 0 saturated heterocycles. The standard InChI is InChI=1S/C7H7N5O2/c8-3-6-9-7-2-1-5(12(13)14)4-11(7)10-6/h1-2,4H,3,8H2. The van der Waals surface area contributed by atoms with E-state index < -0.39 is 4.92 Å². The summed E-state index contributed by atoms with van der Waals surface area (Å²) in [6.45, 7) is 0.218. The summed E-state index contributed by atoms with van der Waals surface area (Å²) >= 11 is 0. The van der Waals surface area contributed by atoms with Crippen LogP contribution in [0.2, 0.25) is 0 Å². The summed E-state index contributed by atoms with van der Waals surface area (Å²) in [7, 11) is 0. The molecule has 2 heterocycles. The first-order valence-corrected chi connectivity index (χ1v) is 3.90. The minimum Gasteiger partial charge on any atom is -0.324 e. The number of nitrogens with two attached hydrogens (primary N) is 1. The normalized spacial score (nSPS) is 10.6. The third kappa shape index (κ3) is 1.29. The van der Waals surface area contributed by atoms with E-state index in [1.54, 1.807) is 0 Å². The lowest BCUT2D eigenvalue weighted by Gasteiger charge is -1.90. The van der Waals surface area contributed by atoms with Crippen LogP contribution in [0.25, 0.3) is 5.65 Å². The molecule has 2 aromatic rings. The topological polar surface area (TPSA) is 99.3 Å². The average molecular weight is 193 g/mol. The quantitative estimate of drug-likeness (QED) is 0.538. The van der Waals surface area contributed by atoms with Crippen LogP contribution in [0.4, 0.5) is 5.69 Å². The Hall–Kier alpha value is -2.02. The molecule has 0 aliphatic rings. The van der Waals surface area contributed by atoms with Crippen molar-refractivity contribution in [2.45, 2.75) is 6.54 Å². The molecule has 0 unspecified atom stereocenters. The van der Waals surface area contributed by atoms with Gasteiger partial charge in [-0.25, -0.2) is 9.50 Å². The van der Waals surface area contributed by atoms with E-state index in [1.165, 1.54) is 22.8 Å². The van der Waals surface area contributed by atoms with Crippen LogP contribution in [0.1, 0.15) is 5.82 Å². The number of aromatic nitrogens is 3. The summed E-state index contributed by atoms with van der Waals surface area (Å²) in [6, 6.07) is 2.91. The first kappa shape index (κ1) is 8.57. The summed E-state index contributed by atoms with van der Waals surface area (Å²) in [6.07, 6.45) is 1.31. The minimum absolute atomic E-state index is 0.0222. The van der Waals surface area contributed by atoms with Crippen molar-refractivity contribution in [3.05, 3.63) is 34.3 Å². The van der Waals surface area contributed by atoms with Crippen molar-refractivity contribution in [3.63, 3.8) is 0 Å². The van der Waals surface area contributed by atoms with Crippen LogP contribution >= 0.6 is 0 Å². The zero-order valence-corrected chi connectivity index (χ0v) is 7.12. The molecule has 7 heteroatoms. The highest BCUT2D eigenvalue weighted by atomic mass is 16.6. The van der Waals surface area contributed by atoms with Gasteiger partial charge in [0, 0.05) is 6.07 Å². The van der Waals surface area contributed by atoms with Gasteiger partial charge in [-0.05, 0) is 6.07 Å². The number of rotatable bonds is 2. The van der Waals surface area contributed by atoms with Crippen molar-refractivity contribution in [2.24, 2.45) is 5.73 Å². The van der Waals surface area contributed by atoms with E-state index in [1.807, 2.05) is 0 Å². The Balaban J connectivity index is 2.59. The van der Waals surface area contributed by atoms with Crippen molar-refractivity contribution in [2.75, 3.05) is 0 Å². The van der Waals surface area contributed by atoms with Crippen LogP contribution in [-0.4, -0.2) is 19.5 Å². The Kier molecular flexibility index (Phi) is 1.86. The molecule has 0 atom stereocenters. The van der Waals surface area contributed by atoms with Crippen LogP contribution < -0.4 is 5.73 Å². The Morgan fingerprint density at radius 2 is 2.36 bits per heavy atom. The van der Waals surface area contributed by atoms with E-state index in [9.17, 15) is 10.1 Å². The van der Waals surface area contributed by atoms with E-state index in [2.05, 4.69) is 10.1 Å². The van der Waals surface area contributed by atoms with Crippen LogP contribution in [0, 0.1) is 10.1 Å². The Labute approximate surface area is 78.3 Å². The molecule has 0 spiro atoms. The van der Waals surface area contributed by atoms with Crippen LogP contribution in [0.15, 0.2) is 18.3 Å². The van der Waals surface area contributed by atoms with Gasteiger partial charge in [0.25, 0.3) is 5.69 Å². The molecule has 0 fully saturated rings. The smallest absolute Gasteiger partial charge is 0.287 e. The molecule has 2 N–H and O–H groups in total. The van der Waals surface area contributed by atoms with Gasteiger partial charge in [-0.3, -0.25) is 10.1 Å². The molecule has 2 aromatic heterocycles. The summed E-state index contributed by atoms with van der Waals surface area (Å²) in [4.78, 5) is 14.0. The zero-order chi connectivity index (χ0) is 10.1. The lowest BCUT2D eigenvalue weighted by atomic mass is 10.4. The average Bonchev–Trinajstić information content (AvgIpc) is 2.58. The second-order valence-electron chi connectivity index (χ2n) is 2.68. The molecule has 0 saturated carbocycles. The van der Waals surface area contributed by atoms with Crippen LogP contribution in [0.5, 0.6) is 0 Å². The lowest BCUT2D eigenvalue weighted by molar-refractivity contribution is -0.385. The van der Waals surface area contributed by atoms with Gasteiger partial charge in [0.15, 0.2) is 11.5 Å². The predicted octanol–water partition coefficient (Wildman–Crippen LogP) is 0.0962. The van der Waals surface area contributed by atoms with Gasteiger partial charge in [0.1, 0.15) is 6.20 Å². The second kappa shape index (κ2) is 3.04. The highest BCUT2D eigenvalue weighted by Crippen LogP contribution is 2.11. The lowest BCUT2D eigenvalue weighted by Crippen LogP contribution is -1.98. The van der Waals surface area contributed by atoms with Crippen molar-refractivity contribution < 1.29 is 4.92 Å². The van der Waals surface area contributed by atoms with Crippen molar-refractivity contribution in [3.8, 4) is 0 Å². The maximum atomic E-state index is 10.4. The van der Waals surface area contributed by atoms with E-state index in [-0.39, 0.29) is 12.2 Å².